The number of aromatic nitrogens is 1. The summed E-state index contributed by atoms with van der Waals surface area (Å²) < 4.78 is 22.4. The number of ether oxygens (including phenoxy) is 3. The molecular formula is C24H26N2O5. The fourth-order valence-corrected chi connectivity index (χ4v) is 3.42. The molecule has 1 atom stereocenters. The number of hydrogen-bond acceptors (Lipinski definition) is 6. The lowest BCUT2D eigenvalue weighted by Crippen LogP contribution is -2.16. The number of nitrogens with one attached hydrogen (secondary N) is 1. The first kappa shape index (κ1) is 20.9. The summed E-state index contributed by atoms with van der Waals surface area (Å²) in [7, 11) is 0. The second-order valence-corrected chi connectivity index (χ2v) is 7.55. The van der Waals surface area contributed by atoms with E-state index in [1.807, 2.05) is 44.2 Å². The lowest BCUT2D eigenvalue weighted by atomic mass is 10.2. The Bertz CT molecular complexity index is 1020. The van der Waals surface area contributed by atoms with E-state index in [0.29, 0.717) is 36.0 Å². The van der Waals surface area contributed by atoms with Crippen molar-refractivity contribution in [3.63, 3.8) is 0 Å². The van der Waals surface area contributed by atoms with Crippen LogP contribution >= 0.6 is 0 Å². The number of carbonyl (C=O) groups is 1. The highest BCUT2D eigenvalue weighted by molar-refractivity contribution is 6.04. The van der Waals surface area contributed by atoms with Crippen molar-refractivity contribution in [3.05, 3.63) is 71.1 Å². The molecule has 1 unspecified atom stereocenters. The smallest absolute Gasteiger partial charge is 0.255 e. The molecule has 31 heavy (non-hydrogen) atoms. The second kappa shape index (κ2) is 9.66. The van der Waals surface area contributed by atoms with E-state index in [9.17, 15) is 4.79 Å². The Morgan fingerprint density at radius 1 is 1.13 bits per heavy atom. The third-order valence-electron chi connectivity index (χ3n) is 5.21. The fraction of sp³-hybridized carbons (Fsp3) is 0.333. The van der Waals surface area contributed by atoms with E-state index in [-0.39, 0.29) is 12.0 Å². The van der Waals surface area contributed by atoms with Crippen LogP contribution in [0.25, 0.3) is 0 Å². The Hall–Kier alpha value is -3.32. The number of amides is 1. The van der Waals surface area contributed by atoms with Gasteiger partial charge in [-0.1, -0.05) is 17.3 Å². The van der Waals surface area contributed by atoms with Gasteiger partial charge in [0.25, 0.3) is 5.91 Å². The standard InChI is InChI=1S/C24H26N2O5/c1-16-23(17(2)31-26-16)15-30-20-8-3-6-18(12-20)24(27)25-19-7-4-9-21(13-19)29-14-22-10-5-11-28-22/h3-4,6-9,12-13,22H,5,10-11,14-15H2,1-2H3,(H,25,27). The van der Waals surface area contributed by atoms with Gasteiger partial charge in [-0.3, -0.25) is 4.79 Å². The van der Waals surface area contributed by atoms with Crippen molar-refractivity contribution < 1.29 is 23.5 Å². The van der Waals surface area contributed by atoms with Crippen LogP contribution in [0.2, 0.25) is 0 Å². The summed E-state index contributed by atoms with van der Waals surface area (Å²) in [5.74, 6) is 1.80. The van der Waals surface area contributed by atoms with Crippen LogP contribution in [0.15, 0.2) is 53.1 Å². The maximum absolute atomic E-state index is 12.7. The summed E-state index contributed by atoms with van der Waals surface area (Å²) in [6.07, 6.45) is 2.24. The van der Waals surface area contributed by atoms with E-state index < -0.39 is 0 Å². The molecule has 1 amide bonds. The third kappa shape index (κ3) is 5.44. The molecule has 7 heteroatoms. The van der Waals surface area contributed by atoms with Gasteiger partial charge in [0.15, 0.2) is 0 Å². The molecule has 0 saturated carbocycles. The van der Waals surface area contributed by atoms with Gasteiger partial charge < -0.3 is 24.1 Å². The first-order chi connectivity index (χ1) is 15.1. The number of aryl methyl sites for hydroxylation is 2. The molecule has 2 heterocycles. The zero-order valence-electron chi connectivity index (χ0n) is 17.7. The van der Waals surface area contributed by atoms with E-state index in [1.165, 1.54) is 0 Å². The molecule has 7 nitrogen and oxygen atoms in total. The molecule has 4 rings (SSSR count). The first-order valence-electron chi connectivity index (χ1n) is 10.4. The van der Waals surface area contributed by atoms with E-state index in [1.54, 1.807) is 18.2 Å². The Labute approximate surface area is 181 Å². The summed E-state index contributed by atoms with van der Waals surface area (Å²) in [6, 6.07) is 14.4. The number of nitrogens with zero attached hydrogens (tertiary/aromatic N) is 1. The van der Waals surface area contributed by atoms with Gasteiger partial charge in [0.1, 0.15) is 30.5 Å². The zero-order valence-corrected chi connectivity index (χ0v) is 17.7. The fourth-order valence-electron chi connectivity index (χ4n) is 3.42. The summed E-state index contributed by atoms with van der Waals surface area (Å²) >= 11 is 0. The highest BCUT2D eigenvalue weighted by Crippen LogP contribution is 2.22. The number of hydrogen-bond donors (Lipinski definition) is 1. The topological polar surface area (TPSA) is 82.8 Å². The van der Waals surface area contributed by atoms with Crippen molar-refractivity contribution in [2.24, 2.45) is 0 Å². The Morgan fingerprint density at radius 2 is 1.94 bits per heavy atom. The van der Waals surface area contributed by atoms with Gasteiger partial charge in [-0.25, -0.2) is 0 Å². The molecule has 1 fully saturated rings. The molecule has 2 aromatic carbocycles. The van der Waals surface area contributed by atoms with Crippen LogP contribution < -0.4 is 14.8 Å². The average Bonchev–Trinajstić information content (AvgIpc) is 3.41. The van der Waals surface area contributed by atoms with Gasteiger partial charge in [-0.2, -0.15) is 0 Å². The van der Waals surface area contributed by atoms with Crippen LogP contribution in [0, 0.1) is 13.8 Å². The van der Waals surface area contributed by atoms with Gasteiger partial charge in [0, 0.05) is 23.9 Å². The van der Waals surface area contributed by atoms with E-state index in [0.717, 1.165) is 36.5 Å². The molecule has 3 aromatic rings. The number of rotatable bonds is 8. The average molecular weight is 422 g/mol. The van der Waals surface area contributed by atoms with Crippen molar-refractivity contribution in [2.75, 3.05) is 18.5 Å². The quantitative estimate of drug-likeness (QED) is 0.568. The summed E-state index contributed by atoms with van der Waals surface area (Å²) in [6.45, 7) is 5.36. The summed E-state index contributed by atoms with van der Waals surface area (Å²) in [5, 5.41) is 6.84. The van der Waals surface area contributed by atoms with Gasteiger partial charge in [-0.15, -0.1) is 0 Å². The Kier molecular flexibility index (Phi) is 6.52. The van der Waals surface area contributed by atoms with Crippen LogP contribution in [-0.2, 0) is 11.3 Å². The minimum Gasteiger partial charge on any atom is -0.491 e. The van der Waals surface area contributed by atoms with E-state index in [2.05, 4.69) is 10.5 Å². The largest absolute Gasteiger partial charge is 0.491 e. The van der Waals surface area contributed by atoms with Gasteiger partial charge in [0.05, 0.1) is 17.4 Å². The lowest BCUT2D eigenvalue weighted by Gasteiger charge is -2.13. The number of carbonyl (C=O) groups excluding carboxylic acids is 1. The highest BCUT2D eigenvalue weighted by Gasteiger charge is 2.16. The first-order valence-corrected chi connectivity index (χ1v) is 10.4. The molecule has 1 saturated heterocycles. The van der Waals surface area contributed by atoms with Crippen molar-refractivity contribution in [1.82, 2.24) is 5.16 Å². The zero-order chi connectivity index (χ0) is 21.6. The van der Waals surface area contributed by atoms with Crippen LogP contribution in [0.3, 0.4) is 0 Å². The molecule has 0 bridgehead atoms. The van der Waals surface area contributed by atoms with Crippen LogP contribution in [0.4, 0.5) is 5.69 Å². The minimum absolute atomic E-state index is 0.145. The van der Waals surface area contributed by atoms with Crippen LogP contribution in [-0.4, -0.2) is 30.4 Å². The maximum atomic E-state index is 12.7. The number of benzene rings is 2. The van der Waals surface area contributed by atoms with E-state index >= 15 is 0 Å². The molecule has 0 spiro atoms. The Morgan fingerprint density at radius 3 is 2.68 bits per heavy atom. The second-order valence-electron chi connectivity index (χ2n) is 7.55. The monoisotopic (exact) mass is 422 g/mol. The minimum atomic E-state index is -0.223. The molecule has 162 valence electrons. The predicted octanol–water partition coefficient (Wildman–Crippen LogP) is 4.68. The normalized spacial score (nSPS) is 15.6. The molecular weight excluding hydrogens is 396 g/mol. The SMILES string of the molecule is Cc1noc(C)c1COc1cccc(C(=O)Nc2cccc(OCC3CCCO3)c2)c1. The molecule has 1 aromatic heterocycles. The van der Waals surface area contributed by atoms with Crippen LogP contribution in [0.1, 0.15) is 40.2 Å². The van der Waals surface area contributed by atoms with Crippen LogP contribution in [0.5, 0.6) is 11.5 Å². The molecule has 1 aliphatic heterocycles. The van der Waals surface area contributed by atoms with Gasteiger partial charge in [0.2, 0.25) is 0 Å². The maximum Gasteiger partial charge on any atom is 0.255 e. The molecule has 1 N–H and O–H groups in total. The van der Waals surface area contributed by atoms with Crippen molar-refractivity contribution in [3.8, 4) is 11.5 Å². The summed E-state index contributed by atoms with van der Waals surface area (Å²) in [5.41, 5.74) is 2.88. The van der Waals surface area contributed by atoms with Gasteiger partial charge in [-0.05, 0) is 57.0 Å². The van der Waals surface area contributed by atoms with E-state index in [4.69, 9.17) is 18.7 Å². The van der Waals surface area contributed by atoms with Crippen molar-refractivity contribution in [2.45, 2.75) is 39.4 Å². The number of anilines is 1. The van der Waals surface area contributed by atoms with Crippen molar-refractivity contribution >= 4 is 11.6 Å². The molecule has 0 aliphatic carbocycles. The molecule has 1 aliphatic rings. The molecule has 0 radical (unpaired) electrons. The van der Waals surface area contributed by atoms with Gasteiger partial charge >= 0.3 is 0 Å². The highest BCUT2D eigenvalue weighted by atomic mass is 16.5. The summed E-state index contributed by atoms with van der Waals surface area (Å²) in [4.78, 5) is 12.7. The lowest BCUT2D eigenvalue weighted by molar-refractivity contribution is 0.0680. The predicted molar refractivity (Wildman–Crippen MR) is 116 cm³/mol. The Balaban J connectivity index is 1.36. The van der Waals surface area contributed by atoms with Crippen molar-refractivity contribution in [1.29, 1.82) is 0 Å². The third-order valence-corrected chi connectivity index (χ3v) is 5.21.